The first-order valence-electron chi connectivity index (χ1n) is 21.9. The molecule has 0 radical (unpaired) electrons. The van der Waals surface area contributed by atoms with Gasteiger partial charge in [0.1, 0.15) is 11.2 Å². The van der Waals surface area contributed by atoms with E-state index >= 15 is 0 Å². The van der Waals surface area contributed by atoms with Gasteiger partial charge in [-0.05, 0) is 90.6 Å². The average Bonchev–Trinajstić information content (AvgIpc) is 3.88. The number of hydrogen-bond acceptors (Lipinski definition) is 4. The highest BCUT2D eigenvalue weighted by Gasteiger charge is 2.51. The second-order valence-electron chi connectivity index (χ2n) is 20.4. The van der Waals surface area contributed by atoms with E-state index < -0.39 is 5.41 Å². The summed E-state index contributed by atoms with van der Waals surface area (Å²) < 4.78 is 7.15. The minimum absolute atomic E-state index is 0.0236. The topological polar surface area (TPSA) is 51.8 Å². The highest BCUT2D eigenvalue weighted by Crippen LogP contribution is 2.63. The van der Waals surface area contributed by atoms with Gasteiger partial charge in [0, 0.05) is 38.6 Å². The smallest absolute Gasteiger partial charge is 0.164 e. The summed E-state index contributed by atoms with van der Waals surface area (Å²) in [4.78, 5) is 16.1. The molecule has 4 nitrogen and oxygen atoms in total. The Morgan fingerprint density at radius 3 is 1.47 bits per heavy atom. The van der Waals surface area contributed by atoms with Crippen molar-refractivity contribution in [2.75, 3.05) is 0 Å². The maximum absolute atomic E-state index is 7.15. The second-order valence-corrected chi connectivity index (χ2v) is 20.4. The number of aromatic nitrogens is 3. The van der Waals surface area contributed by atoms with E-state index in [0.717, 1.165) is 44.2 Å². The molecule has 4 heteroatoms. The molecule has 0 unspecified atom stereocenters. The summed E-state index contributed by atoms with van der Waals surface area (Å²) >= 11 is 0. The first-order chi connectivity index (χ1) is 29.6. The van der Waals surface area contributed by atoms with Crippen LogP contribution in [0.2, 0.25) is 0 Å². The van der Waals surface area contributed by atoms with Gasteiger partial charge in [-0.3, -0.25) is 0 Å². The Balaban J connectivity index is 1.17. The van der Waals surface area contributed by atoms with E-state index in [-0.39, 0.29) is 16.2 Å². The van der Waals surface area contributed by atoms with Crippen LogP contribution in [0.25, 0.3) is 78.4 Å². The minimum Gasteiger partial charge on any atom is -0.455 e. The third-order valence-electron chi connectivity index (χ3n) is 13.3. The van der Waals surface area contributed by atoms with E-state index in [1.54, 1.807) is 0 Å². The molecular weight excluding hydrogens is 755 g/mol. The van der Waals surface area contributed by atoms with Crippen LogP contribution in [-0.2, 0) is 21.7 Å². The number of hydrogen-bond donors (Lipinski definition) is 0. The van der Waals surface area contributed by atoms with Gasteiger partial charge in [0.05, 0.1) is 5.41 Å². The summed E-state index contributed by atoms with van der Waals surface area (Å²) in [6, 6.07) is 53.1. The van der Waals surface area contributed by atoms with Crippen LogP contribution in [0, 0.1) is 0 Å². The lowest BCUT2D eigenvalue weighted by atomic mass is 9.70. The zero-order chi connectivity index (χ0) is 42.9. The quantitative estimate of drug-likeness (QED) is 0.178. The summed E-state index contributed by atoms with van der Waals surface area (Å²) in [6.45, 7) is 20.5. The molecule has 0 saturated carbocycles. The van der Waals surface area contributed by atoms with Gasteiger partial charge >= 0.3 is 0 Å². The Morgan fingerprint density at radius 1 is 0.387 bits per heavy atom. The molecule has 1 spiro atoms. The highest BCUT2D eigenvalue weighted by atomic mass is 16.3. The molecule has 0 N–H and O–H groups in total. The lowest BCUT2D eigenvalue weighted by Crippen LogP contribution is -2.25. The molecule has 0 saturated heterocycles. The molecule has 2 aromatic heterocycles. The Bertz CT molecular complexity index is 3230. The zero-order valence-electron chi connectivity index (χ0n) is 37.1. The van der Waals surface area contributed by atoms with Crippen molar-refractivity contribution in [3.63, 3.8) is 0 Å². The van der Waals surface area contributed by atoms with Crippen molar-refractivity contribution in [2.24, 2.45) is 0 Å². The van der Waals surface area contributed by atoms with Gasteiger partial charge in [0.15, 0.2) is 17.5 Å². The summed E-state index contributed by atoms with van der Waals surface area (Å²) in [5.41, 5.74) is 17.6. The van der Waals surface area contributed by atoms with Crippen molar-refractivity contribution in [1.29, 1.82) is 0 Å². The SMILES string of the molecule is CC(C)(C)c1cc(C(C)(C)C)c2oc3c(C(C)(C)C)c(-c4nc(-c5ccccc5)nc(-c5ccc6c(c5)C5(c7ccccc7-c7ccccc75)c5ccccc5-6)n4)ccc3c2c1. The molecule has 0 atom stereocenters. The number of rotatable bonds is 3. The Hall–Kier alpha value is -6.65. The van der Waals surface area contributed by atoms with Gasteiger partial charge in [0.25, 0.3) is 0 Å². The average molecular weight is 806 g/mol. The van der Waals surface area contributed by atoms with Crippen molar-refractivity contribution >= 4 is 21.9 Å². The first kappa shape index (κ1) is 38.3. The van der Waals surface area contributed by atoms with Crippen molar-refractivity contribution in [3.05, 3.63) is 185 Å². The summed E-state index contributed by atoms with van der Waals surface area (Å²) in [5, 5.41) is 2.27. The number of fused-ring (bicyclic) bond motifs is 13. The Labute approximate surface area is 364 Å². The molecule has 2 aliphatic rings. The van der Waals surface area contributed by atoms with Crippen LogP contribution >= 0.6 is 0 Å². The van der Waals surface area contributed by atoms with Gasteiger partial charge in [-0.15, -0.1) is 0 Å². The van der Waals surface area contributed by atoms with Crippen molar-refractivity contribution in [2.45, 2.75) is 84.0 Å². The predicted molar refractivity (Wildman–Crippen MR) is 256 cm³/mol. The van der Waals surface area contributed by atoms with Crippen LogP contribution < -0.4 is 0 Å². The fraction of sp³-hybridized carbons (Fsp3) is 0.224. The van der Waals surface area contributed by atoms with E-state index in [1.807, 2.05) is 18.2 Å². The second kappa shape index (κ2) is 13.2. The molecule has 0 bridgehead atoms. The van der Waals surface area contributed by atoms with Crippen LogP contribution in [-0.4, -0.2) is 15.0 Å². The Kier molecular flexibility index (Phi) is 8.14. The highest BCUT2D eigenvalue weighted by molar-refractivity contribution is 6.09. The fourth-order valence-electron chi connectivity index (χ4n) is 10.4. The largest absolute Gasteiger partial charge is 0.455 e. The fourth-order valence-corrected chi connectivity index (χ4v) is 10.4. The van der Waals surface area contributed by atoms with Crippen LogP contribution in [0.5, 0.6) is 0 Å². The number of nitrogens with zero attached hydrogens (tertiary/aromatic N) is 3. The lowest BCUT2D eigenvalue weighted by Gasteiger charge is -2.30. The maximum Gasteiger partial charge on any atom is 0.164 e. The third kappa shape index (κ3) is 5.55. The summed E-state index contributed by atoms with van der Waals surface area (Å²) in [6.07, 6.45) is 0. The predicted octanol–water partition coefficient (Wildman–Crippen LogP) is 15.0. The lowest BCUT2D eigenvalue weighted by molar-refractivity contribution is 0.551. The molecule has 9 aromatic rings. The monoisotopic (exact) mass is 805 g/mol. The van der Waals surface area contributed by atoms with Crippen molar-refractivity contribution in [3.8, 4) is 56.4 Å². The maximum atomic E-state index is 7.15. The summed E-state index contributed by atoms with van der Waals surface area (Å²) in [5.74, 6) is 1.90. The third-order valence-corrected chi connectivity index (χ3v) is 13.3. The summed E-state index contributed by atoms with van der Waals surface area (Å²) in [7, 11) is 0. The van der Waals surface area contributed by atoms with Crippen molar-refractivity contribution < 1.29 is 4.42 Å². The van der Waals surface area contributed by atoms with Gasteiger partial charge in [-0.2, -0.15) is 0 Å². The van der Waals surface area contributed by atoms with Gasteiger partial charge in [0.2, 0.25) is 0 Å². The number of furan rings is 1. The molecule has 62 heavy (non-hydrogen) atoms. The van der Waals surface area contributed by atoms with Gasteiger partial charge < -0.3 is 4.42 Å². The first-order valence-corrected chi connectivity index (χ1v) is 21.9. The van der Waals surface area contributed by atoms with Gasteiger partial charge in [-0.25, -0.2) is 15.0 Å². The minimum atomic E-state index is -0.474. The van der Waals surface area contributed by atoms with E-state index in [1.165, 1.54) is 55.6 Å². The van der Waals surface area contributed by atoms with Crippen LogP contribution in [0.1, 0.15) is 101 Å². The Morgan fingerprint density at radius 2 is 0.903 bits per heavy atom. The molecular formula is C58H51N3O. The van der Waals surface area contributed by atoms with E-state index in [4.69, 9.17) is 19.4 Å². The molecule has 2 aliphatic carbocycles. The van der Waals surface area contributed by atoms with Crippen LogP contribution in [0.15, 0.2) is 150 Å². The van der Waals surface area contributed by atoms with Crippen molar-refractivity contribution in [1.82, 2.24) is 15.0 Å². The van der Waals surface area contributed by atoms with E-state index in [2.05, 4.69) is 190 Å². The molecule has 2 heterocycles. The van der Waals surface area contributed by atoms with Gasteiger partial charge in [-0.1, -0.05) is 184 Å². The molecule has 0 fully saturated rings. The molecule has 7 aromatic carbocycles. The van der Waals surface area contributed by atoms with E-state index in [0.29, 0.717) is 17.5 Å². The van der Waals surface area contributed by atoms with E-state index in [9.17, 15) is 0 Å². The van der Waals surface area contributed by atoms with Crippen LogP contribution in [0.4, 0.5) is 0 Å². The van der Waals surface area contributed by atoms with Crippen LogP contribution in [0.3, 0.4) is 0 Å². The zero-order valence-corrected chi connectivity index (χ0v) is 37.1. The standard InChI is InChI=1S/C58H51N3O/c1-55(2,3)36-32-43-41-29-30-42(49(57(7,8)9)51(41)62-50(43)48(33-36)56(4,5)6)54-60-52(34-19-11-10-12-20-34)59-53(61-54)35-27-28-40-39-23-15-18-26-46(39)58(47(40)31-35)44-24-16-13-21-37(44)38-22-14-17-25-45(38)58/h10-33H,1-9H3. The normalized spacial score (nSPS) is 14.0. The number of benzene rings is 7. The molecule has 11 rings (SSSR count). The molecule has 0 amide bonds. The molecule has 0 aliphatic heterocycles. The molecule has 304 valence electrons.